The van der Waals surface area contributed by atoms with Crippen molar-refractivity contribution in [2.45, 2.75) is 13.3 Å². The number of nitrogens with one attached hydrogen (secondary N) is 1. The molecule has 0 spiro atoms. The van der Waals surface area contributed by atoms with E-state index in [4.69, 9.17) is 17.3 Å². The number of anilines is 2. The Morgan fingerprint density at radius 2 is 1.92 bits per heavy atom. The van der Waals surface area contributed by atoms with Crippen molar-refractivity contribution >= 4 is 29.0 Å². The molecule has 1 amide bonds. The summed E-state index contributed by atoms with van der Waals surface area (Å²) in [4.78, 5) is 12.5. The van der Waals surface area contributed by atoms with E-state index >= 15 is 0 Å². The smallest absolute Gasteiger partial charge is 0.280 e. The molecule has 3 aromatic rings. The molecule has 122 valence electrons. The number of carbonyl (C=O) groups is 1. The average molecular weight is 342 g/mol. The first-order valence-corrected chi connectivity index (χ1v) is 7.84. The summed E-state index contributed by atoms with van der Waals surface area (Å²) in [6.45, 7) is 2.02. The molecule has 0 radical (unpaired) electrons. The van der Waals surface area contributed by atoms with Crippen LogP contribution in [0.1, 0.15) is 23.0 Å². The van der Waals surface area contributed by atoms with E-state index < -0.39 is 5.91 Å². The van der Waals surface area contributed by atoms with Gasteiger partial charge in [-0.1, -0.05) is 41.9 Å². The lowest BCUT2D eigenvalue weighted by Gasteiger charge is -2.08. The number of carbonyl (C=O) groups excluding carboxylic acids is 1. The molecule has 7 heteroatoms. The number of aryl methyl sites for hydroxylation is 1. The van der Waals surface area contributed by atoms with Gasteiger partial charge in [-0.3, -0.25) is 4.79 Å². The fourth-order valence-corrected chi connectivity index (χ4v) is 2.48. The van der Waals surface area contributed by atoms with E-state index in [9.17, 15) is 4.79 Å². The van der Waals surface area contributed by atoms with Gasteiger partial charge in [-0.2, -0.15) is 4.68 Å². The number of benzene rings is 2. The largest absolute Gasteiger partial charge is 0.382 e. The fourth-order valence-electron chi connectivity index (χ4n) is 2.36. The molecule has 0 aliphatic carbocycles. The molecule has 0 aliphatic rings. The minimum atomic E-state index is -0.395. The normalized spacial score (nSPS) is 10.6. The maximum Gasteiger partial charge on any atom is 0.280 e. The zero-order valence-electron chi connectivity index (χ0n) is 13.0. The van der Waals surface area contributed by atoms with Crippen LogP contribution in [0, 0.1) is 0 Å². The SMILES string of the molecule is CCc1ccccc1NC(=O)c1nnn(-c2ccc(Cl)cc2)c1N. The number of nitrogens with zero attached hydrogens (tertiary/aromatic N) is 3. The number of hydrogen-bond donors (Lipinski definition) is 2. The van der Waals surface area contributed by atoms with E-state index in [1.807, 2.05) is 31.2 Å². The van der Waals surface area contributed by atoms with Crippen LogP contribution in [0.4, 0.5) is 11.5 Å². The van der Waals surface area contributed by atoms with Gasteiger partial charge >= 0.3 is 0 Å². The quantitative estimate of drug-likeness (QED) is 0.762. The van der Waals surface area contributed by atoms with Gasteiger partial charge < -0.3 is 11.1 Å². The van der Waals surface area contributed by atoms with Crippen molar-refractivity contribution in [1.82, 2.24) is 15.0 Å². The molecule has 0 saturated heterocycles. The zero-order chi connectivity index (χ0) is 17.1. The number of para-hydroxylation sites is 1. The number of rotatable bonds is 4. The Kier molecular flexibility index (Phi) is 4.48. The van der Waals surface area contributed by atoms with E-state index in [1.165, 1.54) is 4.68 Å². The molecule has 1 aromatic heterocycles. The lowest BCUT2D eigenvalue weighted by Crippen LogP contribution is -2.16. The van der Waals surface area contributed by atoms with Gasteiger partial charge in [0, 0.05) is 10.7 Å². The molecule has 6 nitrogen and oxygen atoms in total. The average Bonchev–Trinajstić information content (AvgIpc) is 2.98. The maximum absolute atomic E-state index is 12.5. The van der Waals surface area contributed by atoms with Gasteiger partial charge in [0.25, 0.3) is 5.91 Å². The highest BCUT2D eigenvalue weighted by Gasteiger charge is 2.19. The van der Waals surface area contributed by atoms with Crippen molar-refractivity contribution < 1.29 is 4.79 Å². The standard InChI is InChI=1S/C17H16ClN5O/c1-2-11-5-3-4-6-14(11)20-17(24)15-16(19)23(22-21-15)13-9-7-12(18)8-10-13/h3-10H,2,19H2,1H3,(H,20,24). The summed E-state index contributed by atoms with van der Waals surface area (Å²) in [5, 5.41) is 11.3. The monoisotopic (exact) mass is 341 g/mol. The van der Waals surface area contributed by atoms with E-state index in [1.54, 1.807) is 24.3 Å². The van der Waals surface area contributed by atoms with E-state index in [0.717, 1.165) is 17.7 Å². The Morgan fingerprint density at radius 1 is 1.21 bits per heavy atom. The molecule has 2 aromatic carbocycles. The molecular formula is C17H16ClN5O. The van der Waals surface area contributed by atoms with Crippen molar-refractivity contribution in [2.75, 3.05) is 11.1 Å². The zero-order valence-corrected chi connectivity index (χ0v) is 13.8. The molecule has 3 rings (SSSR count). The third-order valence-corrected chi connectivity index (χ3v) is 3.89. The molecule has 0 aliphatic heterocycles. The molecule has 0 bridgehead atoms. The summed E-state index contributed by atoms with van der Waals surface area (Å²) < 4.78 is 1.40. The Balaban J connectivity index is 1.87. The van der Waals surface area contributed by atoms with Crippen molar-refractivity contribution in [3.05, 3.63) is 64.8 Å². The van der Waals surface area contributed by atoms with Crippen LogP contribution < -0.4 is 11.1 Å². The summed E-state index contributed by atoms with van der Waals surface area (Å²) in [7, 11) is 0. The van der Waals surface area contributed by atoms with Gasteiger partial charge in [-0.25, -0.2) is 0 Å². The lowest BCUT2D eigenvalue weighted by molar-refractivity contribution is 0.102. The van der Waals surface area contributed by atoms with Gasteiger partial charge in [-0.05, 0) is 42.3 Å². The van der Waals surface area contributed by atoms with Crippen molar-refractivity contribution in [2.24, 2.45) is 0 Å². The second kappa shape index (κ2) is 6.72. The Labute approximate surface area is 144 Å². The Bertz CT molecular complexity index is 873. The summed E-state index contributed by atoms with van der Waals surface area (Å²) >= 11 is 5.87. The molecular weight excluding hydrogens is 326 g/mol. The molecule has 0 atom stereocenters. The van der Waals surface area contributed by atoms with Gasteiger partial charge in [0.2, 0.25) is 0 Å². The van der Waals surface area contributed by atoms with Gasteiger partial charge in [0.15, 0.2) is 11.5 Å². The van der Waals surface area contributed by atoms with Crippen LogP contribution >= 0.6 is 11.6 Å². The number of nitrogens with two attached hydrogens (primary N) is 1. The Morgan fingerprint density at radius 3 is 2.62 bits per heavy atom. The van der Waals surface area contributed by atoms with Crippen molar-refractivity contribution in [1.29, 1.82) is 0 Å². The molecule has 24 heavy (non-hydrogen) atoms. The summed E-state index contributed by atoms with van der Waals surface area (Å²) in [6.07, 6.45) is 0.809. The summed E-state index contributed by atoms with van der Waals surface area (Å²) in [5.41, 5.74) is 8.58. The van der Waals surface area contributed by atoms with E-state index in [-0.39, 0.29) is 11.5 Å². The first-order valence-electron chi connectivity index (χ1n) is 7.46. The highest BCUT2D eigenvalue weighted by atomic mass is 35.5. The van der Waals surface area contributed by atoms with Gasteiger partial charge in [0.1, 0.15) is 0 Å². The third kappa shape index (κ3) is 3.09. The predicted molar refractivity (Wildman–Crippen MR) is 94.6 cm³/mol. The summed E-state index contributed by atoms with van der Waals surface area (Å²) in [5.74, 6) is -0.225. The van der Waals surface area contributed by atoms with Crippen molar-refractivity contribution in [3.63, 3.8) is 0 Å². The van der Waals surface area contributed by atoms with Gasteiger partial charge in [-0.15, -0.1) is 5.10 Å². The fraction of sp³-hybridized carbons (Fsp3) is 0.118. The number of halogens is 1. The van der Waals surface area contributed by atoms with E-state index in [0.29, 0.717) is 10.7 Å². The topological polar surface area (TPSA) is 85.8 Å². The first-order chi connectivity index (χ1) is 11.6. The lowest BCUT2D eigenvalue weighted by atomic mass is 10.1. The molecule has 1 heterocycles. The van der Waals surface area contributed by atoms with Crippen LogP contribution in [0.15, 0.2) is 48.5 Å². The van der Waals surface area contributed by atoms with E-state index in [2.05, 4.69) is 15.6 Å². The van der Waals surface area contributed by atoms with Crippen LogP contribution in [0.2, 0.25) is 5.02 Å². The van der Waals surface area contributed by atoms with Crippen molar-refractivity contribution in [3.8, 4) is 5.69 Å². The van der Waals surface area contributed by atoms with Crippen LogP contribution in [0.3, 0.4) is 0 Å². The molecule has 0 unspecified atom stereocenters. The molecule has 3 N–H and O–H groups in total. The number of nitrogen functional groups attached to an aromatic ring is 1. The number of amides is 1. The molecule has 0 saturated carbocycles. The minimum absolute atomic E-state index is 0.0795. The van der Waals surface area contributed by atoms with Gasteiger partial charge in [0.05, 0.1) is 5.69 Å². The number of aromatic nitrogens is 3. The molecule has 0 fully saturated rings. The minimum Gasteiger partial charge on any atom is -0.382 e. The maximum atomic E-state index is 12.5. The third-order valence-electron chi connectivity index (χ3n) is 3.64. The Hall–Kier alpha value is -2.86. The van der Waals surface area contributed by atoms with Crippen LogP contribution in [0.25, 0.3) is 5.69 Å². The van der Waals surface area contributed by atoms with Crippen LogP contribution in [0.5, 0.6) is 0 Å². The second-order valence-corrected chi connectivity index (χ2v) is 5.61. The van der Waals surface area contributed by atoms with Crippen LogP contribution in [-0.2, 0) is 6.42 Å². The number of hydrogen-bond acceptors (Lipinski definition) is 4. The highest BCUT2D eigenvalue weighted by molar-refractivity contribution is 6.30. The predicted octanol–water partition coefficient (Wildman–Crippen LogP) is 3.32. The first kappa shape index (κ1) is 16.0. The summed E-state index contributed by atoms with van der Waals surface area (Å²) in [6, 6.07) is 14.5. The second-order valence-electron chi connectivity index (χ2n) is 5.18. The van der Waals surface area contributed by atoms with Crippen LogP contribution in [-0.4, -0.2) is 20.9 Å². The highest BCUT2D eigenvalue weighted by Crippen LogP contribution is 2.20.